The normalized spacial score (nSPS) is 17.4. The highest BCUT2D eigenvalue weighted by atomic mass is 15.5. The summed E-state index contributed by atoms with van der Waals surface area (Å²) in [4.78, 5) is 4.26. The van der Waals surface area contributed by atoms with E-state index in [9.17, 15) is 0 Å². The molecule has 2 heterocycles. The molecule has 0 atom stereocenters. The first-order valence-corrected chi connectivity index (χ1v) is 4.58. The Hall–Kier alpha value is -1.90. The van der Waals surface area contributed by atoms with Crippen molar-refractivity contribution < 1.29 is 0 Å². The molecule has 3 nitrogen and oxygen atoms in total. The van der Waals surface area contributed by atoms with Crippen molar-refractivity contribution in [2.75, 3.05) is 6.54 Å². The van der Waals surface area contributed by atoms with Gasteiger partial charge in [0.15, 0.2) is 0 Å². The molecule has 0 aromatic heterocycles. The van der Waals surface area contributed by atoms with Gasteiger partial charge in [-0.05, 0) is 11.6 Å². The lowest BCUT2D eigenvalue weighted by atomic mass is 10.1. The van der Waals surface area contributed by atoms with Gasteiger partial charge in [-0.15, -0.1) is 0 Å². The van der Waals surface area contributed by atoms with Crippen LogP contribution in [-0.4, -0.2) is 24.0 Å². The van der Waals surface area contributed by atoms with Gasteiger partial charge in [0.1, 0.15) is 5.82 Å². The summed E-state index contributed by atoms with van der Waals surface area (Å²) in [7, 11) is 0. The van der Waals surface area contributed by atoms with Crippen molar-refractivity contribution in [3.8, 4) is 0 Å². The van der Waals surface area contributed by atoms with Crippen LogP contribution in [0.25, 0.3) is 6.08 Å². The van der Waals surface area contributed by atoms with Crippen LogP contribution < -0.4 is 0 Å². The Morgan fingerprint density at radius 3 is 2.93 bits per heavy atom. The first-order chi connectivity index (χ1) is 6.93. The molecule has 68 valence electrons. The molecular weight excluding hydrogens is 174 g/mol. The molecule has 0 aliphatic carbocycles. The van der Waals surface area contributed by atoms with Crippen LogP contribution in [0, 0.1) is 0 Å². The summed E-state index contributed by atoms with van der Waals surface area (Å²) in [5.41, 5.74) is 2.32. The minimum Gasteiger partial charge on any atom is -0.242 e. The van der Waals surface area contributed by atoms with E-state index in [1.54, 1.807) is 0 Å². The van der Waals surface area contributed by atoms with E-state index in [1.807, 2.05) is 29.6 Å². The molecule has 0 saturated carbocycles. The van der Waals surface area contributed by atoms with E-state index >= 15 is 0 Å². The van der Waals surface area contributed by atoms with E-state index in [2.05, 4.69) is 28.3 Å². The van der Waals surface area contributed by atoms with Crippen molar-refractivity contribution in [2.24, 2.45) is 10.1 Å². The first-order valence-electron chi connectivity index (χ1n) is 4.58. The number of hydrogen-bond donors (Lipinski definition) is 0. The zero-order valence-electron chi connectivity index (χ0n) is 7.59. The van der Waals surface area contributed by atoms with E-state index in [4.69, 9.17) is 0 Å². The first kappa shape index (κ1) is 7.50. The monoisotopic (exact) mass is 183 g/mol. The SMILES string of the molecule is C1=NC2=Cc3ccccc3C=NN2C1. The molecule has 0 amide bonds. The summed E-state index contributed by atoms with van der Waals surface area (Å²) in [5.74, 6) is 0.922. The van der Waals surface area contributed by atoms with Gasteiger partial charge in [-0.25, -0.2) is 10.0 Å². The van der Waals surface area contributed by atoms with Crippen LogP contribution in [0.15, 0.2) is 40.2 Å². The van der Waals surface area contributed by atoms with Crippen molar-refractivity contribution in [1.29, 1.82) is 0 Å². The summed E-state index contributed by atoms with van der Waals surface area (Å²) in [6.07, 6.45) is 5.82. The van der Waals surface area contributed by atoms with E-state index in [-0.39, 0.29) is 0 Å². The summed E-state index contributed by atoms with van der Waals surface area (Å²) in [6, 6.07) is 8.18. The molecule has 0 fully saturated rings. The minimum absolute atomic E-state index is 0.774. The summed E-state index contributed by atoms with van der Waals surface area (Å²) < 4.78 is 0. The lowest BCUT2D eigenvalue weighted by Crippen LogP contribution is -2.10. The molecule has 2 aliphatic heterocycles. The number of nitrogens with zero attached hydrogens (tertiary/aromatic N) is 3. The predicted octanol–water partition coefficient (Wildman–Crippen LogP) is 1.72. The average Bonchev–Trinajstić information content (AvgIpc) is 2.58. The Balaban J connectivity index is 2.19. The standard InChI is InChI=1S/C11H9N3/c1-2-4-10-8-13-14-6-5-12-11(14)7-9(10)3-1/h1-5,7-8H,6H2. The Bertz CT molecular complexity index is 457. The second kappa shape index (κ2) is 2.80. The topological polar surface area (TPSA) is 28.0 Å². The second-order valence-corrected chi connectivity index (χ2v) is 3.27. The van der Waals surface area contributed by atoms with Crippen molar-refractivity contribution in [3.63, 3.8) is 0 Å². The molecular formula is C11H9N3. The van der Waals surface area contributed by atoms with Crippen LogP contribution in [0.1, 0.15) is 11.1 Å². The largest absolute Gasteiger partial charge is 0.242 e. The van der Waals surface area contributed by atoms with E-state index < -0.39 is 0 Å². The molecule has 1 aromatic rings. The Kier molecular flexibility index (Phi) is 1.50. The van der Waals surface area contributed by atoms with Crippen LogP contribution in [-0.2, 0) is 0 Å². The van der Waals surface area contributed by atoms with Gasteiger partial charge in [-0.1, -0.05) is 24.3 Å². The maximum Gasteiger partial charge on any atom is 0.149 e. The third kappa shape index (κ3) is 1.06. The molecule has 0 bridgehead atoms. The Morgan fingerprint density at radius 2 is 2.00 bits per heavy atom. The second-order valence-electron chi connectivity index (χ2n) is 3.27. The Morgan fingerprint density at radius 1 is 1.14 bits per heavy atom. The fourth-order valence-corrected chi connectivity index (χ4v) is 1.62. The fraction of sp³-hybridized carbons (Fsp3) is 0.0909. The van der Waals surface area contributed by atoms with Crippen molar-refractivity contribution in [2.45, 2.75) is 0 Å². The Labute approximate surface area is 82.1 Å². The maximum atomic E-state index is 4.34. The van der Waals surface area contributed by atoms with E-state index in [0.717, 1.165) is 17.9 Å². The van der Waals surface area contributed by atoms with Crippen molar-refractivity contribution >= 4 is 18.5 Å². The molecule has 2 aliphatic rings. The fourth-order valence-electron chi connectivity index (χ4n) is 1.62. The summed E-state index contributed by atoms with van der Waals surface area (Å²) >= 11 is 0. The van der Waals surface area contributed by atoms with Crippen LogP contribution >= 0.6 is 0 Å². The average molecular weight is 183 g/mol. The molecule has 0 N–H and O–H groups in total. The number of rotatable bonds is 0. The van der Waals surface area contributed by atoms with Gasteiger partial charge in [0.2, 0.25) is 0 Å². The van der Waals surface area contributed by atoms with E-state index in [1.165, 1.54) is 5.56 Å². The smallest absolute Gasteiger partial charge is 0.149 e. The lowest BCUT2D eigenvalue weighted by molar-refractivity contribution is 0.441. The zero-order valence-corrected chi connectivity index (χ0v) is 7.59. The van der Waals surface area contributed by atoms with Crippen molar-refractivity contribution in [1.82, 2.24) is 5.01 Å². The highest BCUT2D eigenvalue weighted by molar-refractivity contribution is 5.87. The number of aliphatic imine (C=N–C) groups is 1. The van der Waals surface area contributed by atoms with Crippen LogP contribution in [0.5, 0.6) is 0 Å². The summed E-state index contributed by atoms with van der Waals surface area (Å²) in [5, 5.41) is 6.23. The van der Waals surface area contributed by atoms with Crippen LogP contribution in [0.3, 0.4) is 0 Å². The van der Waals surface area contributed by atoms with Gasteiger partial charge in [0.05, 0.1) is 12.8 Å². The number of hydrazone groups is 1. The molecule has 0 radical (unpaired) electrons. The lowest BCUT2D eigenvalue weighted by Gasteiger charge is -2.08. The maximum absolute atomic E-state index is 4.34. The van der Waals surface area contributed by atoms with Crippen LogP contribution in [0.4, 0.5) is 0 Å². The highest BCUT2D eigenvalue weighted by Gasteiger charge is 2.14. The van der Waals surface area contributed by atoms with Gasteiger partial charge >= 0.3 is 0 Å². The van der Waals surface area contributed by atoms with Gasteiger partial charge in [-0.3, -0.25) is 0 Å². The molecule has 3 rings (SSSR count). The van der Waals surface area contributed by atoms with Gasteiger partial charge in [-0.2, -0.15) is 5.10 Å². The van der Waals surface area contributed by atoms with Gasteiger partial charge < -0.3 is 0 Å². The zero-order chi connectivity index (χ0) is 9.38. The van der Waals surface area contributed by atoms with E-state index in [0.29, 0.717) is 0 Å². The van der Waals surface area contributed by atoms with Crippen molar-refractivity contribution in [3.05, 3.63) is 41.2 Å². The third-order valence-corrected chi connectivity index (χ3v) is 2.36. The quantitative estimate of drug-likeness (QED) is 0.601. The number of hydrogen-bond acceptors (Lipinski definition) is 3. The molecule has 0 saturated heterocycles. The molecule has 0 spiro atoms. The predicted molar refractivity (Wildman–Crippen MR) is 57.2 cm³/mol. The molecule has 1 aromatic carbocycles. The molecule has 3 heteroatoms. The molecule has 0 unspecified atom stereocenters. The van der Waals surface area contributed by atoms with Crippen LogP contribution in [0.2, 0.25) is 0 Å². The number of fused-ring (bicyclic) bond motifs is 2. The van der Waals surface area contributed by atoms with Gasteiger partial charge in [0.25, 0.3) is 0 Å². The number of benzene rings is 1. The highest BCUT2D eigenvalue weighted by Crippen LogP contribution is 2.20. The third-order valence-electron chi connectivity index (χ3n) is 2.36. The van der Waals surface area contributed by atoms with Gasteiger partial charge in [0, 0.05) is 11.8 Å². The molecule has 14 heavy (non-hydrogen) atoms. The minimum atomic E-state index is 0.774. The summed E-state index contributed by atoms with van der Waals surface area (Å²) in [6.45, 7) is 0.774.